The van der Waals surface area contributed by atoms with E-state index in [1.54, 1.807) is 12.1 Å². The Morgan fingerprint density at radius 3 is 1.97 bits per heavy atom. The molecule has 0 heterocycles. The Morgan fingerprint density at radius 2 is 1.34 bits per heavy atom. The van der Waals surface area contributed by atoms with Gasteiger partial charge in [0, 0.05) is 18.5 Å². The van der Waals surface area contributed by atoms with E-state index >= 15 is 0 Å². The largest absolute Gasteiger partial charge is 0.354 e. The van der Waals surface area contributed by atoms with Crippen LogP contribution in [0.25, 0.3) is 0 Å². The van der Waals surface area contributed by atoms with Gasteiger partial charge >= 0.3 is 0 Å². The van der Waals surface area contributed by atoms with Crippen LogP contribution in [0.3, 0.4) is 0 Å². The maximum absolute atomic E-state index is 12.9. The summed E-state index contributed by atoms with van der Waals surface area (Å²) in [6.45, 7) is 2.58. The second-order valence-corrected chi connectivity index (χ2v) is 7.14. The van der Waals surface area contributed by atoms with Crippen molar-refractivity contribution in [3.05, 3.63) is 108 Å². The van der Waals surface area contributed by atoms with Crippen LogP contribution in [-0.4, -0.2) is 24.4 Å². The van der Waals surface area contributed by atoms with E-state index in [4.69, 9.17) is 0 Å². The fourth-order valence-electron chi connectivity index (χ4n) is 3.17. The molecule has 3 aromatic carbocycles. The molecular weight excluding hydrogens is 360 g/mol. The Morgan fingerprint density at radius 1 is 0.793 bits per heavy atom. The number of hydrogen-bond donors (Lipinski definition) is 2. The zero-order valence-electron chi connectivity index (χ0n) is 16.5. The van der Waals surface area contributed by atoms with Gasteiger partial charge in [-0.05, 0) is 29.2 Å². The normalized spacial score (nSPS) is 12.6. The summed E-state index contributed by atoms with van der Waals surface area (Å²) in [6.07, 6.45) is 0.435. The lowest BCUT2D eigenvalue weighted by atomic mass is 10.0. The molecule has 148 valence electrons. The number of rotatable bonds is 8. The zero-order chi connectivity index (χ0) is 20.5. The van der Waals surface area contributed by atoms with Crippen molar-refractivity contribution in [2.75, 3.05) is 6.54 Å². The zero-order valence-corrected chi connectivity index (χ0v) is 16.5. The Hall–Kier alpha value is -3.40. The first kappa shape index (κ1) is 20.3. The van der Waals surface area contributed by atoms with Crippen LogP contribution >= 0.6 is 0 Å². The molecular formula is C25H26N2O2. The van der Waals surface area contributed by atoms with Crippen molar-refractivity contribution < 1.29 is 9.59 Å². The van der Waals surface area contributed by atoms with Gasteiger partial charge in [-0.3, -0.25) is 9.59 Å². The highest BCUT2D eigenvalue weighted by Crippen LogP contribution is 2.13. The maximum atomic E-state index is 12.9. The number of nitrogens with one attached hydrogen (secondary N) is 2. The predicted octanol–water partition coefficient (Wildman–Crippen LogP) is 3.95. The smallest absolute Gasteiger partial charge is 0.251 e. The van der Waals surface area contributed by atoms with Gasteiger partial charge in [0.25, 0.3) is 5.91 Å². The lowest BCUT2D eigenvalue weighted by Crippen LogP contribution is -2.48. The average molecular weight is 386 g/mol. The van der Waals surface area contributed by atoms with Crippen LogP contribution in [0.5, 0.6) is 0 Å². The summed E-state index contributed by atoms with van der Waals surface area (Å²) in [6, 6.07) is 28.1. The summed E-state index contributed by atoms with van der Waals surface area (Å²) in [5.74, 6) is -0.249. The summed E-state index contributed by atoms with van der Waals surface area (Å²) < 4.78 is 0. The van der Waals surface area contributed by atoms with Crippen LogP contribution in [0.4, 0.5) is 0 Å². The topological polar surface area (TPSA) is 58.2 Å². The van der Waals surface area contributed by atoms with E-state index in [2.05, 4.69) is 29.7 Å². The molecule has 0 aromatic heterocycles. The Balaban J connectivity index is 1.68. The highest BCUT2D eigenvalue weighted by molar-refractivity contribution is 5.97. The van der Waals surface area contributed by atoms with Crippen molar-refractivity contribution in [2.24, 2.45) is 0 Å². The molecule has 0 spiro atoms. The number of benzene rings is 3. The van der Waals surface area contributed by atoms with Gasteiger partial charge in [-0.15, -0.1) is 0 Å². The van der Waals surface area contributed by atoms with Crippen molar-refractivity contribution in [2.45, 2.75) is 25.3 Å². The quantitative estimate of drug-likeness (QED) is 0.616. The summed E-state index contributed by atoms with van der Waals surface area (Å²) in [5.41, 5.74) is 2.70. The van der Waals surface area contributed by atoms with E-state index in [1.807, 2.05) is 66.7 Å². The first-order valence-corrected chi connectivity index (χ1v) is 9.86. The van der Waals surface area contributed by atoms with Gasteiger partial charge in [0.15, 0.2) is 0 Å². The van der Waals surface area contributed by atoms with Gasteiger partial charge in [0.1, 0.15) is 6.04 Å². The number of carbonyl (C=O) groups is 2. The Kier molecular flexibility index (Phi) is 7.17. The maximum Gasteiger partial charge on any atom is 0.251 e. The van der Waals surface area contributed by atoms with Crippen LogP contribution in [0.15, 0.2) is 91.0 Å². The molecule has 0 unspecified atom stereocenters. The van der Waals surface area contributed by atoms with E-state index < -0.39 is 6.04 Å². The molecule has 2 amide bonds. The predicted molar refractivity (Wildman–Crippen MR) is 116 cm³/mol. The van der Waals surface area contributed by atoms with Crippen LogP contribution in [0.1, 0.15) is 34.3 Å². The van der Waals surface area contributed by atoms with Crippen molar-refractivity contribution >= 4 is 11.8 Å². The minimum Gasteiger partial charge on any atom is -0.354 e. The fraction of sp³-hybridized carbons (Fsp3) is 0.200. The molecule has 0 saturated carbocycles. The molecule has 2 N–H and O–H groups in total. The number of hydrogen-bond acceptors (Lipinski definition) is 2. The second-order valence-electron chi connectivity index (χ2n) is 7.14. The first-order chi connectivity index (χ1) is 14.1. The summed E-state index contributed by atoms with van der Waals surface area (Å²) in [5, 5.41) is 5.90. The molecule has 4 nitrogen and oxygen atoms in total. The van der Waals surface area contributed by atoms with Crippen molar-refractivity contribution in [1.29, 1.82) is 0 Å². The van der Waals surface area contributed by atoms with Crippen LogP contribution in [-0.2, 0) is 11.2 Å². The van der Waals surface area contributed by atoms with Gasteiger partial charge in [0.2, 0.25) is 5.91 Å². The molecule has 0 aliphatic heterocycles. The van der Waals surface area contributed by atoms with Crippen LogP contribution in [0, 0.1) is 0 Å². The Labute approximate surface area is 172 Å². The second kappa shape index (κ2) is 10.2. The van der Waals surface area contributed by atoms with Crippen LogP contribution in [0.2, 0.25) is 0 Å². The van der Waals surface area contributed by atoms with Gasteiger partial charge in [-0.1, -0.05) is 85.8 Å². The minimum atomic E-state index is -0.645. The molecule has 2 atom stereocenters. The molecule has 0 aliphatic carbocycles. The Bertz CT molecular complexity index is 911. The molecule has 4 heteroatoms. The standard InChI is InChI=1S/C25H26N2O2/c1-19(21-13-7-3-8-14-21)18-26-25(29)23(17-20-11-5-2-6-12-20)27-24(28)22-15-9-4-10-16-22/h2-16,19,23H,17-18H2,1H3,(H,26,29)(H,27,28)/t19-,23-/m0/s1. The van der Waals surface area contributed by atoms with E-state index in [1.165, 1.54) is 5.56 Å². The van der Waals surface area contributed by atoms with Gasteiger partial charge in [-0.25, -0.2) is 0 Å². The van der Waals surface area contributed by atoms with Crippen molar-refractivity contribution in [3.63, 3.8) is 0 Å². The summed E-state index contributed by atoms with van der Waals surface area (Å²) in [7, 11) is 0. The molecule has 3 rings (SSSR count). The van der Waals surface area contributed by atoms with E-state index in [0.29, 0.717) is 18.5 Å². The van der Waals surface area contributed by atoms with E-state index in [0.717, 1.165) is 5.56 Å². The van der Waals surface area contributed by atoms with Crippen molar-refractivity contribution in [1.82, 2.24) is 10.6 Å². The lowest BCUT2D eigenvalue weighted by molar-refractivity contribution is -0.123. The molecule has 0 bridgehead atoms. The van der Waals surface area contributed by atoms with Crippen molar-refractivity contribution in [3.8, 4) is 0 Å². The first-order valence-electron chi connectivity index (χ1n) is 9.86. The third kappa shape index (κ3) is 6.04. The van der Waals surface area contributed by atoms with Crippen LogP contribution < -0.4 is 10.6 Å². The SMILES string of the molecule is C[C@@H](CNC(=O)[C@H](Cc1ccccc1)NC(=O)c1ccccc1)c1ccccc1. The number of carbonyl (C=O) groups excluding carboxylic acids is 2. The third-order valence-electron chi connectivity index (χ3n) is 4.89. The molecule has 0 fully saturated rings. The van der Waals surface area contributed by atoms with Gasteiger partial charge < -0.3 is 10.6 Å². The highest BCUT2D eigenvalue weighted by Gasteiger charge is 2.22. The lowest BCUT2D eigenvalue weighted by Gasteiger charge is -2.20. The molecule has 0 radical (unpaired) electrons. The molecule has 3 aromatic rings. The number of amides is 2. The molecule has 0 saturated heterocycles. The monoisotopic (exact) mass is 386 g/mol. The third-order valence-corrected chi connectivity index (χ3v) is 4.89. The van der Waals surface area contributed by atoms with Gasteiger partial charge in [0.05, 0.1) is 0 Å². The molecule has 0 aliphatic rings. The molecule has 29 heavy (non-hydrogen) atoms. The average Bonchev–Trinajstić information content (AvgIpc) is 2.78. The summed E-state index contributed by atoms with van der Waals surface area (Å²) in [4.78, 5) is 25.5. The summed E-state index contributed by atoms with van der Waals surface area (Å²) >= 11 is 0. The fourth-order valence-corrected chi connectivity index (χ4v) is 3.17. The van der Waals surface area contributed by atoms with Gasteiger partial charge in [-0.2, -0.15) is 0 Å². The minimum absolute atomic E-state index is 0.180. The van der Waals surface area contributed by atoms with E-state index in [9.17, 15) is 9.59 Å². The highest BCUT2D eigenvalue weighted by atomic mass is 16.2. The van der Waals surface area contributed by atoms with E-state index in [-0.39, 0.29) is 17.7 Å².